The zero-order valence-corrected chi connectivity index (χ0v) is 17.1. The molecule has 2 rings (SSSR count). The first kappa shape index (κ1) is 22.4. The summed E-state index contributed by atoms with van der Waals surface area (Å²) in [5.74, 6) is 0.306. The molecule has 0 aromatic heterocycles. The third-order valence-electron chi connectivity index (χ3n) is 4.22. The van der Waals surface area contributed by atoms with E-state index in [-0.39, 0.29) is 12.5 Å². The summed E-state index contributed by atoms with van der Waals surface area (Å²) in [6.07, 6.45) is 1.97. The van der Waals surface area contributed by atoms with Crippen molar-refractivity contribution >= 4 is 17.6 Å². The fourth-order valence-electron chi connectivity index (χ4n) is 2.58. The Morgan fingerprint density at radius 3 is 2.28 bits per heavy atom. The summed E-state index contributed by atoms with van der Waals surface area (Å²) in [6, 6.07) is 14.6. The smallest absolute Gasteiger partial charge is 0.338 e. The molecule has 2 aromatic carbocycles. The largest absolute Gasteiger partial charge is 0.494 e. The zero-order valence-electron chi connectivity index (χ0n) is 17.1. The molecular weight excluding hydrogens is 370 g/mol. The van der Waals surface area contributed by atoms with E-state index in [1.54, 1.807) is 24.3 Å². The van der Waals surface area contributed by atoms with Crippen molar-refractivity contribution in [2.24, 2.45) is 0 Å². The minimum Gasteiger partial charge on any atom is -0.494 e. The van der Waals surface area contributed by atoms with Gasteiger partial charge in [-0.25, -0.2) is 4.79 Å². The van der Waals surface area contributed by atoms with Gasteiger partial charge in [-0.2, -0.15) is 0 Å². The summed E-state index contributed by atoms with van der Waals surface area (Å²) >= 11 is 0. The van der Waals surface area contributed by atoms with Crippen LogP contribution >= 0.6 is 0 Å². The highest BCUT2D eigenvalue weighted by Crippen LogP contribution is 2.14. The van der Waals surface area contributed by atoms with Crippen molar-refractivity contribution < 1.29 is 23.8 Å². The molecule has 2 aromatic rings. The third kappa shape index (κ3) is 8.35. The molecule has 1 amide bonds. The lowest BCUT2D eigenvalue weighted by Crippen LogP contribution is -2.13. The fraction of sp³-hybridized carbons (Fsp3) is 0.391. The van der Waals surface area contributed by atoms with Gasteiger partial charge in [0.05, 0.1) is 18.8 Å². The third-order valence-corrected chi connectivity index (χ3v) is 4.22. The molecule has 0 unspecified atom stereocenters. The molecule has 0 saturated carbocycles. The number of ether oxygens (including phenoxy) is 3. The summed E-state index contributed by atoms with van der Waals surface area (Å²) < 4.78 is 15.9. The fourth-order valence-corrected chi connectivity index (χ4v) is 2.58. The molecule has 0 atom stereocenters. The topological polar surface area (TPSA) is 73.9 Å². The lowest BCUT2D eigenvalue weighted by Gasteiger charge is -2.08. The van der Waals surface area contributed by atoms with Gasteiger partial charge < -0.3 is 19.5 Å². The Labute approximate surface area is 172 Å². The molecule has 0 saturated heterocycles. The predicted octanol–water partition coefficient (Wildman–Crippen LogP) is 4.24. The molecule has 0 aliphatic heterocycles. The number of rotatable bonds is 12. The van der Waals surface area contributed by atoms with E-state index in [9.17, 15) is 9.59 Å². The van der Waals surface area contributed by atoms with E-state index in [1.807, 2.05) is 31.2 Å². The standard InChI is InChI=1S/C23H29NO5/c1-3-18-7-13-21(14-8-18)28-15-5-6-22(25)24-20-11-9-19(10-12-20)23(26)29-17-16-27-4-2/h7-14H,3-6,15-17H2,1-2H3,(H,24,25). The summed E-state index contributed by atoms with van der Waals surface area (Å²) in [5.41, 5.74) is 2.33. The van der Waals surface area contributed by atoms with E-state index in [0.29, 0.717) is 43.9 Å². The number of carbonyl (C=O) groups is 2. The molecule has 0 fully saturated rings. The predicted molar refractivity (Wildman–Crippen MR) is 112 cm³/mol. The van der Waals surface area contributed by atoms with Crippen molar-refractivity contribution in [1.29, 1.82) is 0 Å². The maximum Gasteiger partial charge on any atom is 0.338 e. The molecule has 29 heavy (non-hydrogen) atoms. The van der Waals surface area contributed by atoms with Gasteiger partial charge in [-0.15, -0.1) is 0 Å². The molecule has 156 valence electrons. The first-order valence-electron chi connectivity index (χ1n) is 9.99. The highest BCUT2D eigenvalue weighted by Gasteiger charge is 2.08. The number of esters is 1. The second kappa shape index (κ2) is 12.6. The van der Waals surface area contributed by atoms with Gasteiger partial charge in [-0.05, 0) is 61.7 Å². The van der Waals surface area contributed by atoms with Crippen LogP contribution in [0, 0.1) is 0 Å². The molecule has 0 radical (unpaired) electrons. The lowest BCUT2D eigenvalue weighted by atomic mass is 10.2. The number of hydrogen-bond acceptors (Lipinski definition) is 5. The van der Waals surface area contributed by atoms with Crippen LogP contribution in [0.25, 0.3) is 0 Å². The Hall–Kier alpha value is -2.86. The second-order valence-electron chi connectivity index (χ2n) is 6.41. The van der Waals surface area contributed by atoms with Crippen molar-refractivity contribution in [2.45, 2.75) is 33.1 Å². The van der Waals surface area contributed by atoms with E-state index in [2.05, 4.69) is 12.2 Å². The van der Waals surface area contributed by atoms with Crippen LogP contribution in [0.1, 0.15) is 42.6 Å². The normalized spacial score (nSPS) is 10.4. The minimum atomic E-state index is -0.410. The highest BCUT2D eigenvalue weighted by molar-refractivity contribution is 5.93. The molecule has 0 aliphatic rings. The van der Waals surface area contributed by atoms with E-state index >= 15 is 0 Å². The van der Waals surface area contributed by atoms with Crippen molar-refractivity contribution in [3.8, 4) is 5.75 Å². The van der Waals surface area contributed by atoms with Gasteiger partial charge in [-0.1, -0.05) is 19.1 Å². The highest BCUT2D eigenvalue weighted by atomic mass is 16.6. The maximum absolute atomic E-state index is 12.1. The van der Waals surface area contributed by atoms with Gasteiger partial charge in [0, 0.05) is 18.7 Å². The Morgan fingerprint density at radius 1 is 0.897 bits per heavy atom. The number of benzene rings is 2. The van der Waals surface area contributed by atoms with Gasteiger partial charge in [-0.3, -0.25) is 4.79 Å². The first-order chi connectivity index (χ1) is 14.1. The van der Waals surface area contributed by atoms with Crippen LogP contribution in [0.15, 0.2) is 48.5 Å². The number of nitrogens with one attached hydrogen (secondary N) is 1. The van der Waals surface area contributed by atoms with E-state index in [1.165, 1.54) is 5.56 Å². The Kier molecular flexibility index (Phi) is 9.72. The molecule has 0 heterocycles. The Balaban J connectivity index is 1.67. The number of amides is 1. The van der Waals surface area contributed by atoms with E-state index in [0.717, 1.165) is 12.2 Å². The quantitative estimate of drug-likeness (QED) is 0.427. The van der Waals surface area contributed by atoms with Crippen LogP contribution in [-0.4, -0.2) is 38.3 Å². The Bertz CT molecular complexity index is 756. The summed E-state index contributed by atoms with van der Waals surface area (Å²) in [6.45, 7) is 5.65. The van der Waals surface area contributed by atoms with Crippen LogP contribution in [-0.2, 0) is 20.7 Å². The number of anilines is 1. The average Bonchev–Trinajstić information content (AvgIpc) is 2.75. The second-order valence-corrected chi connectivity index (χ2v) is 6.41. The van der Waals surface area contributed by atoms with Crippen LogP contribution in [0.3, 0.4) is 0 Å². The maximum atomic E-state index is 12.1. The minimum absolute atomic E-state index is 0.0954. The Morgan fingerprint density at radius 2 is 1.62 bits per heavy atom. The van der Waals surface area contributed by atoms with Crippen LogP contribution < -0.4 is 10.1 Å². The van der Waals surface area contributed by atoms with Crippen LogP contribution in [0.4, 0.5) is 5.69 Å². The number of aryl methyl sites for hydroxylation is 1. The summed E-state index contributed by atoms with van der Waals surface area (Å²) in [4.78, 5) is 23.9. The van der Waals surface area contributed by atoms with E-state index in [4.69, 9.17) is 14.2 Å². The molecular formula is C23H29NO5. The van der Waals surface area contributed by atoms with Crippen LogP contribution in [0.2, 0.25) is 0 Å². The van der Waals surface area contributed by atoms with Gasteiger partial charge in [0.1, 0.15) is 12.4 Å². The molecule has 6 nitrogen and oxygen atoms in total. The van der Waals surface area contributed by atoms with Gasteiger partial charge >= 0.3 is 5.97 Å². The summed E-state index contributed by atoms with van der Waals surface area (Å²) in [7, 11) is 0. The van der Waals surface area contributed by atoms with Gasteiger partial charge in [0.2, 0.25) is 5.91 Å². The molecule has 6 heteroatoms. The van der Waals surface area contributed by atoms with Crippen molar-refractivity contribution in [3.05, 3.63) is 59.7 Å². The van der Waals surface area contributed by atoms with Crippen molar-refractivity contribution in [3.63, 3.8) is 0 Å². The molecule has 1 N–H and O–H groups in total. The monoisotopic (exact) mass is 399 g/mol. The van der Waals surface area contributed by atoms with Crippen molar-refractivity contribution in [1.82, 2.24) is 0 Å². The van der Waals surface area contributed by atoms with Gasteiger partial charge in [0.15, 0.2) is 0 Å². The van der Waals surface area contributed by atoms with E-state index < -0.39 is 5.97 Å². The number of carbonyl (C=O) groups excluding carboxylic acids is 2. The summed E-state index contributed by atoms with van der Waals surface area (Å²) in [5, 5.41) is 2.82. The number of hydrogen-bond donors (Lipinski definition) is 1. The SMILES string of the molecule is CCOCCOC(=O)c1ccc(NC(=O)CCCOc2ccc(CC)cc2)cc1. The van der Waals surface area contributed by atoms with Crippen LogP contribution in [0.5, 0.6) is 5.75 Å². The zero-order chi connectivity index (χ0) is 20.9. The molecule has 0 spiro atoms. The average molecular weight is 399 g/mol. The molecule has 0 bridgehead atoms. The molecule has 0 aliphatic carbocycles. The van der Waals surface area contributed by atoms with Gasteiger partial charge in [0.25, 0.3) is 0 Å². The van der Waals surface area contributed by atoms with Crippen molar-refractivity contribution in [2.75, 3.05) is 31.7 Å². The lowest BCUT2D eigenvalue weighted by molar-refractivity contribution is -0.116. The first-order valence-corrected chi connectivity index (χ1v) is 9.99.